The minimum absolute atomic E-state index is 0.497. The number of rotatable bonds is 2. The van der Waals surface area contributed by atoms with Crippen LogP contribution in [0.15, 0.2) is 24.5 Å². The summed E-state index contributed by atoms with van der Waals surface area (Å²) >= 11 is 0. The van der Waals surface area contributed by atoms with Crippen molar-refractivity contribution >= 4 is 0 Å². The monoisotopic (exact) mass is 231 g/mol. The number of hydrogen-bond acceptors (Lipinski definition) is 3. The van der Waals surface area contributed by atoms with Gasteiger partial charge in [0.15, 0.2) is 0 Å². The fourth-order valence-corrected chi connectivity index (χ4v) is 3.40. The molecule has 0 bridgehead atoms. The van der Waals surface area contributed by atoms with Gasteiger partial charge in [0.05, 0.1) is 0 Å². The van der Waals surface area contributed by atoms with Crippen LogP contribution in [0.3, 0.4) is 0 Å². The average Bonchev–Trinajstić information content (AvgIpc) is 2.87. The number of pyridine rings is 1. The summed E-state index contributed by atoms with van der Waals surface area (Å²) in [4.78, 5) is 6.92. The Labute approximate surface area is 103 Å². The van der Waals surface area contributed by atoms with Crippen molar-refractivity contribution in [3.63, 3.8) is 0 Å². The summed E-state index contributed by atoms with van der Waals surface area (Å²) in [6, 6.07) is 5.47. The zero-order chi connectivity index (χ0) is 11.7. The highest BCUT2D eigenvalue weighted by molar-refractivity contribution is 5.14. The Hall–Kier alpha value is -0.930. The highest BCUT2D eigenvalue weighted by Gasteiger charge is 2.37. The van der Waals surface area contributed by atoms with Crippen molar-refractivity contribution in [2.45, 2.75) is 31.8 Å². The molecule has 17 heavy (non-hydrogen) atoms. The Balaban J connectivity index is 1.79. The van der Waals surface area contributed by atoms with Gasteiger partial charge in [-0.3, -0.25) is 9.88 Å². The van der Waals surface area contributed by atoms with E-state index in [9.17, 15) is 0 Å². The molecule has 0 aromatic carbocycles. The molecule has 92 valence electrons. The van der Waals surface area contributed by atoms with Gasteiger partial charge >= 0.3 is 0 Å². The summed E-state index contributed by atoms with van der Waals surface area (Å²) in [5, 5.41) is 3.54. The first-order chi connectivity index (χ1) is 8.36. The predicted octanol–water partition coefficient (Wildman–Crippen LogP) is 1.83. The maximum Gasteiger partial charge on any atom is 0.0338 e. The summed E-state index contributed by atoms with van der Waals surface area (Å²) < 4.78 is 0. The fourth-order valence-electron chi connectivity index (χ4n) is 3.40. The number of nitrogens with one attached hydrogen (secondary N) is 1. The quantitative estimate of drug-likeness (QED) is 0.841. The van der Waals surface area contributed by atoms with Crippen LogP contribution >= 0.6 is 0 Å². The lowest BCUT2D eigenvalue weighted by atomic mass is 9.90. The van der Waals surface area contributed by atoms with Crippen LogP contribution in [0, 0.1) is 5.92 Å². The standard InChI is InChI=1S/C14H21N3/c1-11(12-4-2-6-15-8-12)17-7-3-5-13-9-16-10-14(13)17/h2,4,6,8,11,13-14,16H,3,5,7,9-10H2,1H3. The molecule has 2 saturated heterocycles. The van der Waals surface area contributed by atoms with E-state index in [-0.39, 0.29) is 0 Å². The van der Waals surface area contributed by atoms with E-state index in [0.717, 1.165) is 18.5 Å². The Morgan fingerprint density at radius 3 is 3.24 bits per heavy atom. The lowest BCUT2D eigenvalue weighted by Crippen LogP contribution is -2.46. The predicted molar refractivity (Wildman–Crippen MR) is 68.7 cm³/mol. The molecule has 3 nitrogen and oxygen atoms in total. The van der Waals surface area contributed by atoms with Crippen molar-refractivity contribution in [3.8, 4) is 0 Å². The van der Waals surface area contributed by atoms with Crippen molar-refractivity contribution in [2.24, 2.45) is 5.92 Å². The fraction of sp³-hybridized carbons (Fsp3) is 0.643. The van der Waals surface area contributed by atoms with Gasteiger partial charge in [-0.15, -0.1) is 0 Å². The molecule has 0 saturated carbocycles. The topological polar surface area (TPSA) is 28.2 Å². The first-order valence-electron chi connectivity index (χ1n) is 6.72. The third-order valence-electron chi connectivity index (χ3n) is 4.39. The second kappa shape index (κ2) is 4.75. The summed E-state index contributed by atoms with van der Waals surface area (Å²) in [7, 11) is 0. The molecule has 2 fully saturated rings. The van der Waals surface area contributed by atoms with Gasteiger partial charge in [-0.05, 0) is 50.4 Å². The zero-order valence-electron chi connectivity index (χ0n) is 10.5. The van der Waals surface area contributed by atoms with Gasteiger partial charge in [-0.1, -0.05) is 6.07 Å². The molecule has 0 amide bonds. The van der Waals surface area contributed by atoms with E-state index in [1.807, 2.05) is 18.5 Å². The van der Waals surface area contributed by atoms with E-state index < -0.39 is 0 Å². The summed E-state index contributed by atoms with van der Waals surface area (Å²) in [6.07, 6.45) is 6.60. The molecular weight excluding hydrogens is 210 g/mol. The molecule has 2 aliphatic rings. The van der Waals surface area contributed by atoms with Gasteiger partial charge < -0.3 is 5.32 Å². The van der Waals surface area contributed by atoms with E-state index in [2.05, 4.69) is 28.2 Å². The van der Waals surface area contributed by atoms with Crippen LogP contribution in [0.25, 0.3) is 0 Å². The smallest absolute Gasteiger partial charge is 0.0338 e. The molecule has 0 aliphatic carbocycles. The lowest BCUT2D eigenvalue weighted by Gasteiger charge is -2.41. The van der Waals surface area contributed by atoms with Gasteiger partial charge in [0.1, 0.15) is 0 Å². The van der Waals surface area contributed by atoms with E-state index in [1.54, 1.807) is 0 Å². The van der Waals surface area contributed by atoms with E-state index in [0.29, 0.717) is 6.04 Å². The Morgan fingerprint density at radius 1 is 1.47 bits per heavy atom. The van der Waals surface area contributed by atoms with Crippen molar-refractivity contribution in [1.82, 2.24) is 15.2 Å². The molecule has 1 aromatic rings. The first kappa shape index (κ1) is 11.2. The molecule has 0 spiro atoms. The van der Waals surface area contributed by atoms with Crippen LogP contribution in [0.5, 0.6) is 0 Å². The van der Waals surface area contributed by atoms with E-state index in [1.165, 1.54) is 31.5 Å². The molecule has 3 unspecified atom stereocenters. The molecule has 1 N–H and O–H groups in total. The van der Waals surface area contributed by atoms with Gasteiger partial charge in [0.2, 0.25) is 0 Å². The highest BCUT2D eigenvalue weighted by atomic mass is 15.2. The number of likely N-dealkylation sites (tertiary alicyclic amines) is 1. The number of piperidine rings is 1. The van der Waals surface area contributed by atoms with Crippen molar-refractivity contribution in [2.75, 3.05) is 19.6 Å². The first-order valence-corrected chi connectivity index (χ1v) is 6.72. The molecule has 3 rings (SSSR count). The summed E-state index contributed by atoms with van der Waals surface area (Å²) in [5.74, 6) is 0.864. The molecule has 1 aromatic heterocycles. The number of fused-ring (bicyclic) bond motifs is 1. The van der Waals surface area contributed by atoms with Crippen LogP contribution in [0.4, 0.5) is 0 Å². The Bertz CT molecular complexity index is 365. The molecule has 0 radical (unpaired) electrons. The van der Waals surface area contributed by atoms with Crippen molar-refractivity contribution < 1.29 is 0 Å². The number of aromatic nitrogens is 1. The van der Waals surface area contributed by atoms with E-state index >= 15 is 0 Å². The summed E-state index contributed by atoms with van der Waals surface area (Å²) in [6.45, 7) is 5.92. The third kappa shape index (κ3) is 2.09. The third-order valence-corrected chi connectivity index (χ3v) is 4.39. The van der Waals surface area contributed by atoms with Gasteiger partial charge in [-0.2, -0.15) is 0 Å². The van der Waals surface area contributed by atoms with Gasteiger partial charge in [0.25, 0.3) is 0 Å². The average molecular weight is 231 g/mol. The molecular formula is C14H21N3. The van der Waals surface area contributed by atoms with Crippen LogP contribution in [-0.2, 0) is 0 Å². The van der Waals surface area contributed by atoms with Gasteiger partial charge in [0, 0.05) is 31.0 Å². The molecule has 3 heterocycles. The van der Waals surface area contributed by atoms with E-state index in [4.69, 9.17) is 0 Å². The Morgan fingerprint density at radius 2 is 2.41 bits per heavy atom. The highest BCUT2D eigenvalue weighted by Crippen LogP contribution is 2.32. The van der Waals surface area contributed by atoms with Crippen LogP contribution < -0.4 is 5.32 Å². The van der Waals surface area contributed by atoms with Crippen LogP contribution in [0.2, 0.25) is 0 Å². The maximum atomic E-state index is 4.24. The second-order valence-corrected chi connectivity index (χ2v) is 5.33. The Kier molecular flexibility index (Phi) is 3.12. The van der Waals surface area contributed by atoms with Crippen LogP contribution in [-0.4, -0.2) is 35.6 Å². The van der Waals surface area contributed by atoms with Crippen LogP contribution in [0.1, 0.15) is 31.4 Å². The maximum absolute atomic E-state index is 4.24. The number of nitrogens with zero attached hydrogens (tertiary/aromatic N) is 2. The molecule has 3 heteroatoms. The zero-order valence-corrected chi connectivity index (χ0v) is 10.5. The molecule has 3 atom stereocenters. The lowest BCUT2D eigenvalue weighted by molar-refractivity contribution is 0.0846. The molecule has 2 aliphatic heterocycles. The van der Waals surface area contributed by atoms with Crippen molar-refractivity contribution in [1.29, 1.82) is 0 Å². The number of hydrogen-bond donors (Lipinski definition) is 1. The summed E-state index contributed by atoms with van der Waals surface area (Å²) in [5.41, 5.74) is 1.35. The minimum Gasteiger partial charge on any atom is -0.315 e. The van der Waals surface area contributed by atoms with Crippen molar-refractivity contribution in [3.05, 3.63) is 30.1 Å². The minimum atomic E-state index is 0.497. The second-order valence-electron chi connectivity index (χ2n) is 5.33. The van der Waals surface area contributed by atoms with Gasteiger partial charge in [-0.25, -0.2) is 0 Å². The SMILES string of the molecule is CC(c1cccnc1)N1CCCC2CNCC21. The normalized spacial score (nSPS) is 31.1. The largest absolute Gasteiger partial charge is 0.315 e.